The molecule has 10 heteroatoms. The predicted octanol–water partition coefficient (Wildman–Crippen LogP) is 2.93. The first-order valence-electron chi connectivity index (χ1n) is 11.3. The molecule has 1 fully saturated rings. The number of carbonyl (C=O) groups is 1. The number of amides is 1. The van der Waals surface area contributed by atoms with Crippen LogP contribution in [-0.2, 0) is 0 Å². The van der Waals surface area contributed by atoms with Crippen molar-refractivity contribution in [1.29, 1.82) is 0 Å². The van der Waals surface area contributed by atoms with Crippen LogP contribution >= 0.6 is 0 Å². The van der Waals surface area contributed by atoms with E-state index in [-0.39, 0.29) is 18.2 Å². The Bertz CT molecular complexity index is 1170. The smallest absolute Gasteiger partial charge is 0.255 e. The molecule has 5 N–H and O–H groups in total. The Morgan fingerprint density at radius 1 is 1.24 bits per heavy atom. The zero-order valence-electron chi connectivity index (χ0n) is 19.1. The van der Waals surface area contributed by atoms with Crippen molar-refractivity contribution >= 4 is 34.0 Å². The quantitative estimate of drug-likeness (QED) is 0.341. The second kappa shape index (κ2) is 9.86. The molecule has 0 radical (unpaired) electrons. The van der Waals surface area contributed by atoms with Crippen LogP contribution in [0.1, 0.15) is 43.5 Å². The van der Waals surface area contributed by atoms with Gasteiger partial charge in [0.15, 0.2) is 0 Å². The SMILES string of the molecule is CC(C)(O)[C@H](F)CNC(=O)c1cnc(Nc2ccc3ncncc3c2)cc1N[C@@H]1CCC[C@H]1O. The molecule has 34 heavy (non-hydrogen) atoms. The lowest BCUT2D eigenvalue weighted by Gasteiger charge is -2.23. The van der Waals surface area contributed by atoms with Gasteiger partial charge in [0.1, 0.15) is 18.3 Å². The van der Waals surface area contributed by atoms with Crippen LogP contribution in [0.25, 0.3) is 10.9 Å². The van der Waals surface area contributed by atoms with Crippen LogP contribution < -0.4 is 16.0 Å². The standard InChI is InChI=1S/C24H29FN6O3/c1-24(2,34)21(25)12-28-23(33)16-11-27-22(9-19(16)31-18-4-3-5-20(18)32)30-15-6-7-17-14(8-15)10-26-13-29-17/h6-11,13,18,20-21,32,34H,3-5,12H2,1-2H3,(H,28,33)(H2,27,30,31)/t18-,20-,21-/m1/s1. The highest BCUT2D eigenvalue weighted by molar-refractivity contribution is 6.00. The van der Waals surface area contributed by atoms with Gasteiger partial charge in [0.05, 0.1) is 41.1 Å². The molecule has 1 saturated carbocycles. The first-order valence-corrected chi connectivity index (χ1v) is 11.3. The van der Waals surface area contributed by atoms with Gasteiger partial charge in [-0.05, 0) is 51.3 Å². The number of aromatic nitrogens is 3. The zero-order valence-corrected chi connectivity index (χ0v) is 19.1. The Morgan fingerprint density at radius 3 is 2.79 bits per heavy atom. The van der Waals surface area contributed by atoms with Gasteiger partial charge in [-0.3, -0.25) is 4.79 Å². The van der Waals surface area contributed by atoms with Gasteiger partial charge in [0.2, 0.25) is 0 Å². The fourth-order valence-electron chi connectivity index (χ4n) is 3.87. The fraction of sp³-hybridized carbons (Fsp3) is 0.417. The number of nitrogens with zero attached hydrogens (tertiary/aromatic N) is 3. The van der Waals surface area contributed by atoms with Crippen molar-refractivity contribution in [3.63, 3.8) is 0 Å². The molecule has 1 aromatic carbocycles. The lowest BCUT2D eigenvalue weighted by Crippen LogP contribution is -2.42. The topological polar surface area (TPSA) is 132 Å². The van der Waals surface area contributed by atoms with Crippen LogP contribution in [0, 0.1) is 0 Å². The third-order valence-electron chi connectivity index (χ3n) is 5.95. The van der Waals surface area contributed by atoms with E-state index in [2.05, 4.69) is 30.9 Å². The van der Waals surface area contributed by atoms with E-state index in [4.69, 9.17) is 0 Å². The Labute approximate surface area is 196 Å². The third-order valence-corrected chi connectivity index (χ3v) is 5.95. The molecular formula is C24H29FN6O3. The molecular weight excluding hydrogens is 439 g/mol. The number of carbonyl (C=O) groups excluding carboxylic acids is 1. The van der Waals surface area contributed by atoms with Gasteiger partial charge >= 0.3 is 0 Å². The van der Waals surface area contributed by atoms with Crippen LogP contribution in [0.3, 0.4) is 0 Å². The predicted molar refractivity (Wildman–Crippen MR) is 128 cm³/mol. The molecule has 0 spiro atoms. The number of anilines is 3. The maximum Gasteiger partial charge on any atom is 0.255 e. The van der Waals surface area contributed by atoms with Crippen molar-refractivity contribution < 1.29 is 19.4 Å². The summed E-state index contributed by atoms with van der Waals surface area (Å²) in [5, 5.41) is 29.9. The monoisotopic (exact) mass is 468 g/mol. The molecule has 2 aromatic heterocycles. The minimum atomic E-state index is -1.63. The van der Waals surface area contributed by atoms with Crippen LogP contribution in [-0.4, -0.2) is 61.5 Å². The Kier molecular flexibility index (Phi) is 6.90. The lowest BCUT2D eigenvalue weighted by molar-refractivity contribution is -0.00177. The molecule has 3 atom stereocenters. The number of rotatable bonds is 8. The van der Waals surface area contributed by atoms with Crippen LogP contribution in [0.2, 0.25) is 0 Å². The summed E-state index contributed by atoms with van der Waals surface area (Å²) >= 11 is 0. The van der Waals surface area contributed by atoms with Crippen LogP contribution in [0.4, 0.5) is 21.6 Å². The molecule has 4 rings (SSSR count). The molecule has 3 aromatic rings. The zero-order chi connectivity index (χ0) is 24.3. The van der Waals surface area contributed by atoms with Crippen LogP contribution in [0.15, 0.2) is 43.0 Å². The van der Waals surface area contributed by atoms with E-state index < -0.39 is 23.8 Å². The second-order valence-corrected chi connectivity index (χ2v) is 9.12. The first-order chi connectivity index (χ1) is 16.2. The van der Waals surface area contributed by atoms with Crippen LogP contribution in [0.5, 0.6) is 0 Å². The molecule has 9 nitrogen and oxygen atoms in total. The van der Waals surface area contributed by atoms with Gasteiger partial charge in [0, 0.05) is 29.5 Å². The number of alkyl halides is 1. The van der Waals surface area contributed by atoms with E-state index in [1.807, 2.05) is 18.2 Å². The van der Waals surface area contributed by atoms with E-state index in [1.54, 1.807) is 12.3 Å². The van der Waals surface area contributed by atoms with Crippen molar-refractivity contribution in [1.82, 2.24) is 20.3 Å². The van der Waals surface area contributed by atoms with Gasteiger partial charge in [-0.1, -0.05) is 0 Å². The minimum Gasteiger partial charge on any atom is -0.391 e. The van der Waals surface area contributed by atoms with Crippen molar-refractivity contribution in [2.24, 2.45) is 0 Å². The largest absolute Gasteiger partial charge is 0.391 e. The second-order valence-electron chi connectivity index (χ2n) is 9.12. The summed E-state index contributed by atoms with van der Waals surface area (Å²) in [6, 6.07) is 7.11. The number of aliphatic hydroxyl groups excluding tert-OH is 1. The van der Waals surface area contributed by atoms with E-state index in [1.165, 1.54) is 26.4 Å². The Hall–Kier alpha value is -3.37. The van der Waals surface area contributed by atoms with Gasteiger partial charge in [-0.25, -0.2) is 19.3 Å². The van der Waals surface area contributed by atoms with Crippen molar-refractivity contribution in [3.8, 4) is 0 Å². The summed E-state index contributed by atoms with van der Waals surface area (Å²) in [6.07, 6.45) is 4.79. The maximum absolute atomic E-state index is 14.1. The number of pyridine rings is 1. The van der Waals surface area contributed by atoms with E-state index in [0.717, 1.165) is 29.4 Å². The first kappa shape index (κ1) is 23.8. The molecule has 1 amide bonds. The normalized spacial score (nSPS) is 19.1. The highest BCUT2D eigenvalue weighted by Gasteiger charge is 2.29. The molecule has 2 heterocycles. The molecule has 0 aliphatic heterocycles. The number of fused-ring (bicyclic) bond motifs is 1. The number of hydrogen-bond donors (Lipinski definition) is 5. The number of halogens is 1. The number of benzene rings is 1. The van der Waals surface area contributed by atoms with Gasteiger partial charge in [-0.2, -0.15) is 0 Å². The molecule has 0 bridgehead atoms. The number of aliphatic hydroxyl groups is 2. The van der Waals surface area contributed by atoms with Gasteiger partial charge in [0.25, 0.3) is 5.91 Å². The minimum absolute atomic E-state index is 0.204. The fourth-order valence-corrected chi connectivity index (χ4v) is 3.87. The van der Waals surface area contributed by atoms with Crippen molar-refractivity contribution in [2.75, 3.05) is 17.2 Å². The Morgan fingerprint density at radius 2 is 2.06 bits per heavy atom. The van der Waals surface area contributed by atoms with Gasteiger partial charge < -0.3 is 26.2 Å². The summed E-state index contributed by atoms with van der Waals surface area (Å²) < 4.78 is 14.1. The average molecular weight is 469 g/mol. The van der Waals surface area contributed by atoms with Crippen molar-refractivity contribution in [3.05, 3.63) is 48.5 Å². The van der Waals surface area contributed by atoms with E-state index in [9.17, 15) is 19.4 Å². The third kappa shape index (κ3) is 5.57. The van der Waals surface area contributed by atoms with Gasteiger partial charge in [-0.15, -0.1) is 0 Å². The van der Waals surface area contributed by atoms with Crippen molar-refractivity contribution in [2.45, 2.75) is 57.0 Å². The Balaban J connectivity index is 1.57. The molecule has 180 valence electrons. The highest BCUT2D eigenvalue weighted by atomic mass is 19.1. The lowest BCUT2D eigenvalue weighted by atomic mass is 10.0. The highest BCUT2D eigenvalue weighted by Crippen LogP contribution is 2.28. The molecule has 0 saturated heterocycles. The summed E-state index contributed by atoms with van der Waals surface area (Å²) in [6.45, 7) is 2.35. The number of nitrogens with one attached hydrogen (secondary N) is 3. The van der Waals surface area contributed by atoms with E-state index >= 15 is 0 Å². The summed E-state index contributed by atoms with van der Waals surface area (Å²) in [5.74, 6) is -0.0358. The molecule has 1 aliphatic carbocycles. The molecule has 1 aliphatic rings. The van der Waals surface area contributed by atoms with E-state index in [0.29, 0.717) is 17.9 Å². The summed E-state index contributed by atoms with van der Waals surface area (Å²) in [4.78, 5) is 25.4. The average Bonchev–Trinajstić information content (AvgIpc) is 3.21. The molecule has 0 unspecified atom stereocenters. The summed E-state index contributed by atoms with van der Waals surface area (Å²) in [7, 11) is 0. The number of hydrogen-bond acceptors (Lipinski definition) is 8. The maximum atomic E-state index is 14.1. The summed E-state index contributed by atoms with van der Waals surface area (Å²) in [5.41, 5.74) is 0.710.